The summed E-state index contributed by atoms with van der Waals surface area (Å²) < 4.78 is 6.79. The third-order valence-electron chi connectivity index (χ3n) is 3.18. The van der Waals surface area contributed by atoms with Gasteiger partial charge in [0, 0.05) is 11.1 Å². The first-order valence-corrected chi connectivity index (χ1v) is 6.66. The highest BCUT2D eigenvalue weighted by molar-refractivity contribution is 9.10. The monoisotopic (exact) mass is 283 g/mol. The predicted octanol–water partition coefficient (Wildman–Crippen LogP) is 3.06. The molecule has 1 saturated heterocycles. The van der Waals surface area contributed by atoms with E-state index in [0.29, 0.717) is 18.6 Å². The van der Waals surface area contributed by atoms with Crippen LogP contribution in [0.4, 0.5) is 0 Å². The lowest BCUT2D eigenvalue weighted by atomic mass is 9.92. The molecule has 2 N–H and O–H groups in total. The molecule has 1 aliphatic rings. The second-order valence-corrected chi connectivity index (χ2v) is 5.27. The first-order valence-electron chi connectivity index (χ1n) is 5.86. The first-order chi connectivity index (χ1) is 7.79. The van der Waals surface area contributed by atoms with Crippen LogP contribution in [0, 0.1) is 0 Å². The maximum absolute atomic E-state index is 5.86. The molecule has 1 aromatic carbocycles. The Morgan fingerprint density at radius 1 is 1.50 bits per heavy atom. The van der Waals surface area contributed by atoms with E-state index in [2.05, 4.69) is 34.1 Å². The third-order valence-corrected chi connectivity index (χ3v) is 3.67. The summed E-state index contributed by atoms with van der Waals surface area (Å²) >= 11 is 3.50. The zero-order chi connectivity index (χ0) is 11.4. The fourth-order valence-electron chi connectivity index (χ4n) is 2.28. The Morgan fingerprint density at radius 3 is 3.00 bits per heavy atom. The number of nitrogens with two attached hydrogens (primary N) is 1. The van der Waals surface area contributed by atoms with Crippen molar-refractivity contribution in [3.05, 3.63) is 34.3 Å². The highest BCUT2D eigenvalue weighted by atomic mass is 79.9. The van der Waals surface area contributed by atoms with Crippen LogP contribution in [0.15, 0.2) is 28.7 Å². The summed E-state index contributed by atoms with van der Waals surface area (Å²) in [5.41, 5.74) is 7.17. The molecule has 88 valence electrons. The van der Waals surface area contributed by atoms with Crippen molar-refractivity contribution in [2.45, 2.75) is 31.3 Å². The van der Waals surface area contributed by atoms with Crippen LogP contribution < -0.4 is 5.73 Å². The van der Waals surface area contributed by atoms with Crippen LogP contribution in [-0.2, 0) is 4.74 Å². The van der Waals surface area contributed by atoms with Gasteiger partial charge in [-0.3, -0.25) is 0 Å². The van der Waals surface area contributed by atoms with E-state index in [1.54, 1.807) is 0 Å². The SMILES string of the molecule is NCC(CC1CCCO1)c1cccc(Br)c1. The summed E-state index contributed by atoms with van der Waals surface area (Å²) in [7, 11) is 0. The molecule has 0 aliphatic carbocycles. The molecule has 1 aromatic rings. The van der Waals surface area contributed by atoms with Gasteiger partial charge in [-0.05, 0) is 49.4 Å². The van der Waals surface area contributed by atoms with Gasteiger partial charge >= 0.3 is 0 Å². The number of halogens is 1. The van der Waals surface area contributed by atoms with Crippen molar-refractivity contribution in [1.29, 1.82) is 0 Å². The maximum Gasteiger partial charge on any atom is 0.0582 e. The Labute approximate surface area is 105 Å². The molecular weight excluding hydrogens is 266 g/mol. The van der Waals surface area contributed by atoms with Gasteiger partial charge in [0.25, 0.3) is 0 Å². The van der Waals surface area contributed by atoms with E-state index in [1.807, 2.05) is 6.07 Å². The Balaban J connectivity index is 2.03. The molecule has 2 nitrogen and oxygen atoms in total. The Morgan fingerprint density at radius 2 is 2.38 bits per heavy atom. The van der Waals surface area contributed by atoms with E-state index >= 15 is 0 Å². The van der Waals surface area contributed by atoms with Crippen molar-refractivity contribution in [1.82, 2.24) is 0 Å². The van der Waals surface area contributed by atoms with Crippen molar-refractivity contribution in [3.8, 4) is 0 Å². The van der Waals surface area contributed by atoms with Gasteiger partial charge in [0.15, 0.2) is 0 Å². The molecule has 3 heteroatoms. The lowest BCUT2D eigenvalue weighted by Gasteiger charge is -2.19. The second kappa shape index (κ2) is 5.80. The van der Waals surface area contributed by atoms with Crippen LogP contribution in [0.5, 0.6) is 0 Å². The summed E-state index contributed by atoms with van der Waals surface area (Å²) in [6.45, 7) is 1.61. The fraction of sp³-hybridized carbons (Fsp3) is 0.538. The molecular formula is C13H18BrNO. The molecule has 0 amide bonds. The lowest BCUT2D eigenvalue weighted by Crippen LogP contribution is -2.18. The van der Waals surface area contributed by atoms with Crippen LogP contribution in [0.2, 0.25) is 0 Å². The first kappa shape index (κ1) is 12.1. The van der Waals surface area contributed by atoms with Crippen molar-refractivity contribution < 1.29 is 4.74 Å². The van der Waals surface area contributed by atoms with Crippen LogP contribution >= 0.6 is 15.9 Å². The molecule has 1 fully saturated rings. The molecule has 2 rings (SSSR count). The van der Waals surface area contributed by atoms with Crippen molar-refractivity contribution in [2.24, 2.45) is 5.73 Å². The van der Waals surface area contributed by atoms with Gasteiger partial charge in [0.1, 0.15) is 0 Å². The molecule has 1 heterocycles. The molecule has 2 unspecified atom stereocenters. The predicted molar refractivity (Wildman–Crippen MR) is 69.5 cm³/mol. The topological polar surface area (TPSA) is 35.2 Å². The minimum absolute atomic E-state index is 0.410. The standard InChI is InChI=1S/C13H18BrNO/c14-12-4-1-3-10(7-12)11(9-15)8-13-5-2-6-16-13/h1,3-4,7,11,13H,2,5-6,8-9,15H2. The van der Waals surface area contributed by atoms with E-state index in [4.69, 9.17) is 10.5 Å². The molecule has 0 saturated carbocycles. The lowest BCUT2D eigenvalue weighted by molar-refractivity contribution is 0.0984. The van der Waals surface area contributed by atoms with E-state index in [0.717, 1.165) is 17.5 Å². The second-order valence-electron chi connectivity index (χ2n) is 4.36. The zero-order valence-electron chi connectivity index (χ0n) is 9.36. The molecule has 1 aliphatic heterocycles. The summed E-state index contributed by atoms with van der Waals surface area (Å²) in [4.78, 5) is 0. The minimum Gasteiger partial charge on any atom is -0.378 e. The Bertz CT molecular complexity index is 336. The van der Waals surface area contributed by atoms with Crippen LogP contribution in [0.25, 0.3) is 0 Å². The summed E-state index contributed by atoms with van der Waals surface area (Å²) in [6, 6.07) is 8.42. The van der Waals surface area contributed by atoms with Gasteiger partial charge in [0.2, 0.25) is 0 Å². The maximum atomic E-state index is 5.86. The summed E-state index contributed by atoms with van der Waals surface area (Å²) in [5.74, 6) is 0.417. The molecule has 16 heavy (non-hydrogen) atoms. The zero-order valence-corrected chi connectivity index (χ0v) is 10.9. The van der Waals surface area contributed by atoms with E-state index < -0.39 is 0 Å². The third kappa shape index (κ3) is 3.06. The summed E-state index contributed by atoms with van der Waals surface area (Å²) in [6.07, 6.45) is 3.84. The molecule has 0 spiro atoms. The van der Waals surface area contributed by atoms with Gasteiger partial charge in [-0.1, -0.05) is 28.1 Å². The van der Waals surface area contributed by atoms with Crippen LogP contribution in [0.1, 0.15) is 30.7 Å². The highest BCUT2D eigenvalue weighted by Gasteiger charge is 2.21. The average molecular weight is 284 g/mol. The number of ether oxygens (including phenoxy) is 1. The average Bonchev–Trinajstić information content (AvgIpc) is 2.78. The van der Waals surface area contributed by atoms with Crippen molar-refractivity contribution in [3.63, 3.8) is 0 Å². The van der Waals surface area contributed by atoms with Gasteiger partial charge in [0.05, 0.1) is 6.10 Å². The largest absolute Gasteiger partial charge is 0.378 e. The summed E-state index contributed by atoms with van der Waals surface area (Å²) in [5, 5.41) is 0. The van der Waals surface area contributed by atoms with Gasteiger partial charge in [-0.2, -0.15) is 0 Å². The number of hydrogen-bond donors (Lipinski definition) is 1. The highest BCUT2D eigenvalue weighted by Crippen LogP contribution is 2.27. The molecule has 0 radical (unpaired) electrons. The quantitative estimate of drug-likeness (QED) is 0.922. The van der Waals surface area contributed by atoms with Gasteiger partial charge in [-0.15, -0.1) is 0 Å². The number of hydrogen-bond acceptors (Lipinski definition) is 2. The normalized spacial score (nSPS) is 22.2. The van der Waals surface area contributed by atoms with Gasteiger partial charge in [-0.25, -0.2) is 0 Å². The van der Waals surface area contributed by atoms with E-state index in [1.165, 1.54) is 18.4 Å². The van der Waals surface area contributed by atoms with Crippen LogP contribution in [0.3, 0.4) is 0 Å². The number of rotatable bonds is 4. The molecule has 0 bridgehead atoms. The van der Waals surface area contributed by atoms with Crippen molar-refractivity contribution in [2.75, 3.05) is 13.2 Å². The van der Waals surface area contributed by atoms with E-state index in [-0.39, 0.29) is 0 Å². The van der Waals surface area contributed by atoms with E-state index in [9.17, 15) is 0 Å². The van der Waals surface area contributed by atoms with Crippen LogP contribution in [-0.4, -0.2) is 19.3 Å². The Hall–Kier alpha value is -0.380. The van der Waals surface area contributed by atoms with Gasteiger partial charge < -0.3 is 10.5 Å². The molecule has 2 atom stereocenters. The number of benzene rings is 1. The minimum atomic E-state index is 0.410. The smallest absolute Gasteiger partial charge is 0.0582 e. The molecule has 0 aromatic heterocycles. The fourth-order valence-corrected chi connectivity index (χ4v) is 2.69. The Kier molecular flexibility index (Phi) is 4.38. The van der Waals surface area contributed by atoms with Crippen molar-refractivity contribution >= 4 is 15.9 Å².